The summed E-state index contributed by atoms with van der Waals surface area (Å²) < 4.78 is 13.7. The molecule has 0 unspecified atom stereocenters. The van der Waals surface area contributed by atoms with Crippen LogP contribution in [0.2, 0.25) is 0 Å². The number of carbonyl (C=O) groups excluding carboxylic acids is 2. The highest BCUT2D eigenvalue weighted by molar-refractivity contribution is 6.17. The lowest BCUT2D eigenvalue weighted by Crippen LogP contribution is -2.08. The molecule has 0 aliphatic heterocycles. The van der Waals surface area contributed by atoms with Crippen molar-refractivity contribution in [3.05, 3.63) is 0 Å². The first kappa shape index (κ1) is 14.2. The topological polar surface area (TPSA) is 61.8 Å². The molecule has 0 N–H and O–H groups in total. The summed E-state index contributed by atoms with van der Waals surface area (Å²) >= 11 is 5.20. The van der Waals surface area contributed by atoms with E-state index in [1.165, 1.54) is 7.11 Å². The van der Waals surface area contributed by atoms with Gasteiger partial charge in [-0.15, -0.1) is 0 Å². The fraction of sp³-hybridized carbons (Fsp3) is 0.778. The maximum Gasteiger partial charge on any atom is 0.307 e. The van der Waals surface area contributed by atoms with Crippen molar-refractivity contribution >= 4 is 23.5 Å². The molecule has 0 saturated heterocycles. The van der Waals surface area contributed by atoms with Crippen molar-refractivity contribution < 1.29 is 23.8 Å². The Bertz CT molecular complexity index is 195. The zero-order valence-electron chi connectivity index (χ0n) is 8.66. The van der Waals surface area contributed by atoms with Crippen molar-refractivity contribution in [1.82, 2.24) is 0 Å². The molecule has 6 heteroatoms. The smallest absolute Gasteiger partial charge is 0.307 e. The lowest BCUT2D eigenvalue weighted by Gasteiger charge is -2.03. The minimum Gasteiger partial charge on any atom is -0.469 e. The van der Waals surface area contributed by atoms with Gasteiger partial charge in [0.15, 0.2) is 6.79 Å². The number of carbonyl (C=O) groups is 2. The van der Waals surface area contributed by atoms with Crippen molar-refractivity contribution in [2.45, 2.75) is 25.7 Å². The van der Waals surface area contributed by atoms with Gasteiger partial charge < -0.3 is 14.2 Å². The first-order valence-corrected chi connectivity index (χ1v) is 5.10. The molecule has 0 heterocycles. The molecule has 0 spiro atoms. The number of esters is 2. The van der Waals surface area contributed by atoms with Crippen LogP contribution in [0.25, 0.3) is 0 Å². The molecule has 0 amide bonds. The van der Waals surface area contributed by atoms with Gasteiger partial charge in [-0.05, 0) is 12.8 Å². The van der Waals surface area contributed by atoms with Crippen LogP contribution < -0.4 is 0 Å². The van der Waals surface area contributed by atoms with Crippen molar-refractivity contribution in [2.24, 2.45) is 0 Å². The average molecular weight is 239 g/mol. The highest BCUT2D eigenvalue weighted by Gasteiger charge is 2.04. The number of halogens is 1. The van der Waals surface area contributed by atoms with E-state index in [0.717, 1.165) is 0 Å². The molecule has 0 aliphatic rings. The van der Waals surface area contributed by atoms with Crippen LogP contribution in [0.15, 0.2) is 0 Å². The molecule has 0 bridgehead atoms. The van der Waals surface area contributed by atoms with Crippen LogP contribution >= 0.6 is 11.6 Å². The van der Waals surface area contributed by atoms with Gasteiger partial charge in [0.1, 0.15) is 6.07 Å². The van der Waals surface area contributed by atoms with Crippen LogP contribution in [0.4, 0.5) is 0 Å². The van der Waals surface area contributed by atoms with E-state index in [0.29, 0.717) is 19.3 Å². The molecular formula is C9H15ClO5. The van der Waals surface area contributed by atoms with E-state index in [1.807, 2.05) is 0 Å². The van der Waals surface area contributed by atoms with Crippen LogP contribution in [0, 0.1) is 0 Å². The maximum absolute atomic E-state index is 11.0. The van der Waals surface area contributed by atoms with Gasteiger partial charge in [-0.3, -0.25) is 9.59 Å². The first-order chi connectivity index (χ1) is 7.20. The number of rotatable bonds is 8. The minimum absolute atomic E-state index is 0.00434. The largest absolute Gasteiger partial charge is 0.469 e. The van der Waals surface area contributed by atoms with Crippen molar-refractivity contribution in [2.75, 3.05) is 20.0 Å². The molecule has 88 valence electrons. The van der Waals surface area contributed by atoms with E-state index < -0.39 is 0 Å². The van der Waals surface area contributed by atoms with Gasteiger partial charge in [0.05, 0.1) is 7.11 Å². The Morgan fingerprint density at radius 3 is 2.27 bits per heavy atom. The molecule has 0 aromatic heterocycles. The Morgan fingerprint density at radius 1 is 1.13 bits per heavy atom. The van der Waals surface area contributed by atoms with Crippen LogP contribution in [-0.2, 0) is 23.8 Å². The third kappa shape index (κ3) is 9.49. The van der Waals surface area contributed by atoms with Crippen molar-refractivity contribution in [1.29, 1.82) is 0 Å². The quantitative estimate of drug-likeness (QED) is 0.277. The molecule has 0 aromatic carbocycles. The lowest BCUT2D eigenvalue weighted by molar-refractivity contribution is -0.155. The van der Waals surface area contributed by atoms with Gasteiger partial charge in [-0.2, -0.15) is 0 Å². The summed E-state index contributed by atoms with van der Waals surface area (Å²) in [5.41, 5.74) is 0. The summed E-state index contributed by atoms with van der Waals surface area (Å²) in [5.74, 6) is -0.626. The third-order valence-corrected chi connectivity index (χ3v) is 1.77. The maximum atomic E-state index is 11.0. The molecule has 0 radical (unpaired) electrons. The average Bonchev–Trinajstić information content (AvgIpc) is 2.24. The normalized spacial score (nSPS) is 9.73. The Balaban J connectivity index is 3.27. The Labute approximate surface area is 93.6 Å². The van der Waals surface area contributed by atoms with E-state index in [4.69, 9.17) is 11.6 Å². The van der Waals surface area contributed by atoms with E-state index in [9.17, 15) is 9.59 Å². The molecule has 0 atom stereocenters. The standard InChI is InChI=1S/C9H15ClO5/c1-13-8(11)4-2-3-5-9(12)15-7-14-6-10/h2-7H2,1H3. The number of ether oxygens (including phenoxy) is 3. The van der Waals surface area contributed by atoms with E-state index in [2.05, 4.69) is 14.2 Å². The molecule has 0 rings (SSSR count). The number of hydrogen-bond donors (Lipinski definition) is 0. The first-order valence-electron chi connectivity index (χ1n) is 4.57. The molecule has 0 aliphatic carbocycles. The number of unbranched alkanes of at least 4 members (excludes halogenated alkanes) is 1. The monoisotopic (exact) mass is 238 g/mol. The highest BCUT2D eigenvalue weighted by Crippen LogP contribution is 2.02. The van der Waals surface area contributed by atoms with Crippen molar-refractivity contribution in [3.8, 4) is 0 Å². The summed E-state index contributed by atoms with van der Waals surface area (Å²) in [4.78, 5) is 21.7. The van der Waals surface area contributed by atoms with E-state index in [-0.39, 0.29) is 31.2 Å². The fourth-order valence-electron chi connectivity index (χ4n) is 0.852. The Hall–Kier alpha value is -0.810. The van der Waals surface area contributed by atoms with E-state index >= 15 is 0 Å². The van der Waals surface area contributed by atoms with Crippen LogP contribution in [-0.4, -0.2) is 31.9 Å². The lowest BCUT2D eigenvalue weighted by atomic mass is 10.2. The highest BCUT2D eigenvalue weighted by atomic mass is 35.5. The van der Waals surface area contributed by atoms with Crippen molar-refractivity contribution in [3.63, 3.8) is 0 Å². The van der Waals surface area contributed by atoms with Gasteiger partial charge in [-0.25, -0.2) is 0 Å². The van der Waals surface area contributed by atoms with Crippen LogP contribution in [0.1, 0.15) is 25.7 Å². The van der Waals surface area contributed by atoms with Gasteiger partial charge in [0, 0.05) is 12.8 Å². The molecule has 0 saturated carbocycles. The predicted octanol–water partition coefficient (Wildman–Crippen LogP) is 1.43. The molecule has 0 aromatic rings. The van der Waals surface area contributed by atoms with Gasteiger partial charge in [0.2, 0.25) is 0 Å². The summed E-state index contributed by atoms with van der Waals surface area (Å²) in [7, 11) is 1.33. The number of hydrogen-bond acceptors (Lipinski definition) is 5. The Kier molecular flexibility index (Phi) is 9.21. The number of alkyl halides is 1. The fourth-order valence-corrected chi connectivity index (χ4v) is 0.915. The predicted molar refractivity (Wildman–Crippen MR) is 53.2 cm³/mol. The Morgan fingerprint density at radius 2 is 1.73 bits per heavy atom. The molecule has 0 fully saturated rings. The van der Waals surface area contributed by atoms with E-state index in [1.54, 1.807) is 0 Å². The number of methoxy groups -OCH3 is 1. The second kappa shape index (κ2) is 9.73. The van der Waals surface area contributed by atoms with Gasteiger partial charge in [0.25, 0.3) is 0 Å². The SMILES string of the molecule is COC(=O)CCCCC(=O)OCOCCl. The second-order valence-electron chi connectivity index (χ2n) is 2.73. The minimum atomic E-state index is -0.356. The molecule has 15 heavy (non-hydrogen) atoms. The summed E-state index contributed by atoms with van der Waals surface area (Å²) in [6.45, 7) is -0.126. The molecular weight excluding hydrogens is 224 g/mol. The summed E-state index contributed by atoms with van der Waals surface area (Å²) in [5, 5.41) is 0. The molecule has 5 nitrogen and oxygen atoms in total. The second-order valence-corrected chi connectivity index (χ2v) is 2.95. The summed E-state index contributed by atoms with van der Waals surface area (Å²) in [6, 6.07) is -0.00434. The van der Waals surface area contributed by atoms with Gasteiger partial charge in [-0.1, -0.05) is 11.6 Å². The zero-order chi connectivity index (χ0) is 11.5. The van der Waals surface area contributed by atoms with Gasteiger partial charge >= 0.3 is 11.9 Å². The summed E-state index contributed by atoms with van der Waals surface area (Å²) in [6.07, 6.45) is 1.79. The van der Waals surface area contributed by atoms with Crippen LogP contribution in [0.3, 0.4) is 0 Å². The van der Waals surface area contributed by atoms with Crippen LogP contribution in [0.5, 0.6) is 0 Å². The third-order valence-electron chi connectivity index (χ3n) is 1.62. The zero-order valence-corrected chi connectivity index (χ0v) is 9.42.